The fourth-order valence-electron chi connectivity index (χ4n) is 4.65. The number of hydrogen-bond acceptors (Lipinski definition) is 6. The van der Waals surface area contributed by atoms with Gasteiger partial charge in [0.1, 0.15) is 5.70 Å². The minimum absolute atomic E-state index is 0.0576. The van der Waals surface area contributed by atoms with Crippen molar-refractivity contribution in [2.75, 3.05) is 16.4 Å². The van der Waals surface area contributed by atoms with Crippen LogP contribution in [-0.2, 0) is 9.59 Å². The number of thiazole rings is 1. The van der Waals surface area contributed by atoms with E-state index in [0.717, 1.165) is 26.9 Å². The number of carbonyl (C=O) groups is 3. The molecule has 5 aromatic carbocycles. The van der Waals surface area contributed by atoms with E-state index in [1.54, 1.807) is 66.7 Å². The van der Waals surface area contributed by atoms with Crippen LogP contribution in [0.25, 0.3) is 28.1 Å². The van der Waals surface area contributed by atoms with Crippen LogP contribution in [-0.4, -0.2) is 28.5 Å². The number of rotatable bonds is 10. The van der Waals surface area contributed by atoms with Gasteiger partial charge in [0.2, 0.25) is 5.91 Å². The van der Waals surface area contributed by atoms with Crippen molar-refractivity contribution in [3.05, 3.63) is 149 Å². The van der Waals surface area contributed by atoms with Gasteiger partial charge < -0.3 is 16.0 Å². The molecule has 0 saturated carbocycles. The average molecular weight is 675 g/mol. The van der Waals surface area contributed by atoms with Gasteiger partial charge in [-0.15, -0.1) is 23.1 Å². The average Bonchev–Trinajstić information content (AvgIpc) is 3.56. The number of amides is 3. The van der Waals surface area contributed by atoms with Crippen molar-refractivity contribution >= 4 is 80.1 Å². The van der Waals surface area contributed by atoms with E-state index in [9.17, 15) is 14.4 Å². The Kier molecular flexibility index (Phi) is 10.1. The summed E-state index contributed by atoms with van der Waals surface area (Å²) in [5, 5.41) is 13.7. The third-order valence-corrected chi connectivity index (χ3v) is 8.97. The lowest BCUT2D eigenvalue weighted by atomic mass is 10.1. The second kappa shape index (κ2) is 14.9. The van der Waals surface area contributed by atoms with Crippen LogP contribution in [0.2, 0.25) is 5.02 Å². The summed E-state index contributed by atoms with van der Waals surface area (Å²) in [5.74, 6) is -0.895. The van der Waals surface area contributed by atoms with Crippen LogP contribution in [0.3, 0.4) is 0 Å². The van der Waals surface area contributed by atoms with Gasteiger partial charge in [-0.25, -0.2) is 4.98 Å². The second-order valence-corrected chi connectivity index (χ2v) is 12.7. The summed E-state index contributed by atoms with van der Waals surface area (Å²) in [4.78, 5) is 44.3. The molecule has 0 atom stereocenters. The lowest BCUT2D eigenvalue weighted by Gasteiger charge is -2.12. The summed E-state index contributed by atoms with van der Waals surface area (Å²) in [5.41, 5.74) is 3.46. The van der Waals surface area contributed by atoms with Crippen molar-refractivity contribution < 1.29 is 14.4 Å². The Morgan fingerprint density at radius 2 is 1.55 bits per heavy atom. The van der Waals surface area contributed by atoms with Crippen LogP contribution in [0.1, 0.15) is 15.9 Å². The summed E-state index contributed by atoms with van der Waals surface area (Å²) >= 11 is 8.88. The molecule has 6 aromatic rings. The van der Waals surface area contributed by atoms with Crippen LogP contribution < -0.4 is 16.0 Å². The normalized spacial score (nSPS) is 11.2. The van der Waals surface area contributed by atoms with Crippen LogP contribution in [0.15, 0.2) is 137 Å². The van der Waals surface area contributed by atoms with Crippen LogP contribution in [0.4, 0.5) is 10.8 Å². The van der Waals surface area contributed by atoms with E-state index in [2.05, 4.69) is 45.2 Å². The van der Waals surface area contributed by atoms with Gasteiger partial charge in [-0.05, 0) is 77.0 Å². The summed E-state index contributed by atoms with van der Waals surface area (Å²) in [7, 11) is 0. The highest BCUT2D eigenvalue weighted by molar-refractivity contribution is 8.00. The molecule has 0 aliphatic carbocycles. The Hall–Kier alpha value is -5.22. The van der Waals surface area contributed by atoms with Gasteiger partial charge >= 0.3 is 0 Å². The monoisotopic (exact) mass is 674 g/mol. The lowest BCUT2D eigenvalue weighted by Crippen LogP contribution is -2.30. The molecule has 0 radical (unpaired) electrons. The maximum Gasteiger partial charge on any atom is 0.272 e. The fraction of sp³-hybridized carbons (Fsp3) is 0.0270. The predicted octanol–water partition coefficient (Wildman–Crippen LogP) is 8.76. The smallest absolute Gasteiger partial charge is 0.272 e. The topological polar surface area (TPSA) is 100 Å². The molecule has 232 valence electrons. The molecule has 0 bridgehead atoms. The fourth-order valence-corrected chi connectivity index (χ4v) is 6.29. The van der Waals surface area contributed by atoms with Crippen LogP contribution >= 0.6 is 34.7 Å². The van der Waals surface area contributed by atoms with Gasteiger partial charge in [-0.3, -0.25) is 14.4 Å². The SMILES string of the molecule is O=C(CSc1ccc(NC(=O)/C(=C/c2cccc(Cl)c2)NC(=O)c2ccccc2)cc1)Nc1nc(-c2ccc3ccccc3c2)cs1. The van der Waals surface area contributed by atoms with E-state index in [0.29, 0.717) is 27.0 Å². The van der Waals surface area contributed by atoms with E-state index in [1.165, 1.54) is 23.1 Å². The van der Waals surface area contributed by atoms with Gasteiger partial charge in [0.05, 0.1) is 11.4 Å². The number of carbonyl (C=O) groups excluding carboxylic acids is 3. The zero-order valence-electron chi connectivity index (χ0n) is 24.8. The number of anilines is 2. The standard InChI is InChI=1S/C37H27ClN4O3S2/c38-29-12-6-7-24(19-29)20-32(40-35(44)26-9-2-1-3-10-26)36(45)39-30-15-17-31(18-16-30)46-23-34(43)42-37-41-33(22-47-37)28-14-13-25-8-4-5-11-27(25)21-28/h1-22H,23H2,(H,39,45)(H,40,44)(H,41,42,43)/b32-20-. The quantitative estimate of drug-likeness (QED) is 0.0997. The molecule has 47 heavy (non-hydrogen) atoms. The molecule has 0 spiro atoms. The molecule has 1 aromatic heterocycles. The summed E-state index contributed by atoms with van der Waals surface area (Å²) in [6, 6.07) is 37.1. The van der Waals surface area contributed by atoms with Crippen molar-refractivity contribution in [2.24, 2.45) is 0 Å². The van der Waals surface area contributed by atoms with Crippen LogP contribution in [0, 0.1) is 0 Å². The molecule has 0 unspecified atom stereocenters. The zero-order valence-corrected chi connectivity index (χ0v) is 27.2. The third kappa shape index (κ3) is 8.53. The minimum Gasteiger partial charge on any atom is -0.321 e. The first kappa shape index (κ1) is 31.7. The summed E-state index contributed by atoms with van der Waals surface area (Å²) < 4.78 is 0. The van der Waals surface area contributed by atoms with Gasteiger partial charge in [0, 0.05) is 32.1 Å². The van der Waals surface area contributed by atoms with Crippen molar-refractivity contribution in [1.29, 1.82) is 0 Å². The molecule has 6 rings (SSSR count). The van der Waals surface area contributed by atoms with Crippen LogP contribution in [0.5, 0.6) is 0 Å². The molecule has 0 saturated heterocycles. The first-order valence-corrected chi connectivity index (χ1v) is 16.8. The Morgan fingerprint density at radius 1 is 0.787 bits per heavy atom. The maximum absolute atomic E-state index is 13.3. The van der Waals surface area contributed by atoms with E-state index in [1.807, 2.05) is 41.8 Å². The van der Waals surface area contributed by atoms with E-state index < -0.39 is 11.8 Å². The van der Waals surface area contributed by atoms with E-state index >= 15 is 0 Å². The summed E-state index contributed by atoms with van der Waals surface area (Å²) in [6.45, 7) is 0. The Labute approximate surface area is 284 Å². The number of benzene rings is 5. The number of halogens is 1. The predicted molar refractivity (Wildman–Crippen MR) is 193 cm³/mol. The Bertz CT molecular complexity index is 2100. The molecule has 0 fully saturated rings. The zero-order chi connectivity index (χ0) is 32.6. The van der Waals surface area contributed by atoms with Gasteiger partial charge in [0.25, 0.3) is 11.8 Å². The molecule has 0 aliphatic heterocycles. The van der Waals surface area contributed by atoms with E-state index in [4.69, 9.17) is 11.6 Å². The number of fused-ring (bicyclic) bond motifs is 1. The highest BCUT2D eigenvalue weighted by Gasteiger charge is 2.16. The molecule has 1 heterocycles. The second-order valence-electron chi connectivity index (χ2n) is 10.3. The molecular weight excluding hydrogens is 648 g/mol. The molecular formula is C37H27ClN4O3S2. The van der Waals surface area contributed by atoms with Gasteiger partial charge in [-0.1, -0.05) is 78.3 Å². The number of thioether (sulfide) groups is 1. The lowest BCUT2D eigenvalue weighted by molar-refractivity contribution is -0.114. The van der Waals surface area contributed by atoms with E-state index in [-0.39, 0.29) is 17.4 Å². The van der Waals surface area contributed by atoms with Crippen molar-refractivity contribution in [2.45, 2.75) is 4.90 Å². The van der Waals surface area contributed by atoms with Crippen molar-refractivity contribution in [1.82, 2.24) is 10.3 Å². The number of hydrogen-bond donors (Lipinski definition) is 3. The first-order chi connectivity index (χ1) is 22.9. The number of aromatic nitrogens is 1. The largest absolute Gasteiger partial charge is 0.321 e. The molecule has 3 N–H and O–H groups in total. The highest BCUT2D eigenvalue weighted by atomic mass is 35.5. The van der Waals surface area contributed by atoms with Gasteiger partial charge in [0.15, 0.2) is 5.13 Å². The van der Waals surface area contributed by atoms with Gasteiger partial charge in [-0.2, -0.15) is 0 Å². The number of nitrogens with zero attached hydrogens (tertiary/aromatic N) is 1. The Balaban J connectivity index is 1.05. The number of nitrogens with one attached hydrogen (secondary N) is 3. The highest BCUT2D eigenvalue weighted by Crippen LogP contribution is 2.28. The third-order valence-electron chi connectivity index (χ3n) is 6.97. The molecule has 3 amide bonds. The molecule has 7 nitrogen and oxygen atoms in total. The Morgan fingerprint density at radius 3 is 2.34 bits per heavy atom. The maximum atomic E-state index is 13.3. The first-order valence-electron chi connectivity index (χ1n) is 14.5. The van der Waals surface area contributed by atoms with Crippen molar-refractivity contribution in [3.63, 3.8) is 0 Å². The summed E-state index contributed by atoms with van der Waals surface area (Å²) in [6.07, 6.45) is 1.57. The molecule has 10 heteroatoms. The minimum atomic E-state index is -0.499. The van der Waals surface area contributed by atoms with Crippen molar-refractivity contribution in [3.8, 4) is 11.3 Å². The molecule has 0 aliphatic rings.